The second kappa shape index (κ2) is 6.53. The molecule has 2 aromatic carbocycles. The monoisotopic (exact) mass is 343 g/mol. The molecule has 24 heavy (non-hydrogen) atoms. The van der Waals surface area contributed by atoms with E-state index in [1.54, 1.807) is 7.05 Å². The number of benzene rings is 2. The summed E-state index contributed by atoms with van der Waals surface area (Å²) < 4.78 is 7.99. The van der Waals surface area contributed by atoms with Crippen LogP contribution >= 0.6 is 11.6 Å². The third-order valence-corrected chi connectivity index (χ3v) is 4.23. The van der Waals surface area contributed by atoms with E-state index in [1.165, 1.54) is 16.4 Å². The molecular weight excluding hydrogens is 326 g/mol. The van der Waals surface area contributed by atoms with Gasteiger partial charge in [0.1, 0.15) is 0 Å². The van der Waals surface area contributed by atoms with Crippen molar-refractivity contribution in [2.24, 2.45) is 7.05 Å². The largest absolute Gasteiger partial charge is 0.467 e. The van der Waals surface area contributed by atoms with Gasteiger partial charge in [-0.3, -0.25) is 0 Å². The lowest BCUT2D eigenvalue weighted by Gasteiger charge is -2.11. The van der Waals surface area contributed by atoms with Crippen LogP contribution in [0, 0.1) is 6.92 Å². The molecule has 0 fully saturated rings. The molecule has 3 rings (SSSR count). The van der Waals surface area contributed by atoms with E-state index in [0.717, 1.165) is 22.3 Å². The topological polar surface area (TPSA) is 49.1 Å². The lowest BCUT2D eigenvalue weighted by atomic mass is 10.00. The molecule has 0 radical (unpaired) electrons. The molecule has 5 nitrogen and oxygen atoms in total. The zero-order valence-electron chi connectivity index (χ0n) is 13.8. The molecule has 124 valence electrons. The summed E-state index contributed by atoms with van der Waals surface area (Å²) in [6, 6.07) is 14.2. The van der Waals surface area contributed by atoms with Crippen LogP contribution in [-0.4, -0.2) is 21.5 Å². The Morgan fingerprint density at radius 1 is 1.17 bits per heavy atom. The predicted molar refractivity (Wildman–Crippen MR) is 94.7 cm³/mol. The molecule has 1 aromatic heterocycles. The van der Waals surface area contributed by atoms with Crippen molar-refractivity contribution in [3.63, 3.8) is 0 Å². The fraction of sp³-hybridized carbons (Fsp3) is 0.222. The lowest BCUT2D eigenvalue weighted by molar-refractivity contribution is 0.357. The maximum absolute atomic E-state index is 12.2. The normalized spacial score (nSPS) is 10.8. The highest BCUT2D eigenvalue weighted by molar-refractivity contribution is 6.30. The molecule has 0 aliphatic rings. The molecule has 0 amide bonds. The molecule has 0 bridgehead atoms. The quantitative estimate of drug-likeness (QED) is 0.730. The summed E-state index contributed by atoms with van der Waals surface area (Å²) in [6.45, 7) is 2.42. The van der Waals surface area contributed by atoms with Crippen molar-refractivity contribution >= 4 is 11.6 Å². The molecule has 3 aromatic rings. The smallest absolute Gasteiger partial charge is 0.348 e. The third-order valence-electron chi connectivity index (χ3n) is 3.99. The minimum absolute atomic E-state index is 0.209. The summed E-state index contributed by atoms with van der Waals surface area (Å²) in [5.74, 6) is 0. The lowest BCUT2D eigenvalue weighted by Crippen LogP contribution is -2.23. The number of rotatable bonds is 4. The van der Waals surface area contributed by atoms with Gasteiger partial charge in [0.15, 0.2) is 0 Å². The molecule has 0 saturated carbocycles. The van der Waals surface area contributed by atoms with E-state index in [-0.39, 0.29) is 5.69 Å². The van der Waals surface area contributed by atoms with E-state index in [4.69, 9.17) is 16.3 Å². The van der Waals surface area contributed by atoms with E-state index in [2.05, 4.69) is 11.2 Å². The van der Waals surface area contributed by atoms with E-state index in [0.29, 0.717) is 17.6 Å². The van der Waals surface area contributed by atoms with Crippen LogP contribution in [-0.2, 0) is 13.6 Å². The Bertz CT molecular complexity index is 944. The number of aryl methyl sites for hydroxylation is 2. The van der Waals surface area contributed by atoms with Crippen LogP contribution in [0.3, 0.4) is 0 Å². The van der Waals surface area contributed by atoms with Gasteiger partial charge < -0.3 is 4.74 Å². The number of aromatic nitrogens is 3. The molecule has 0 aliphatic carbocycles. The SMILES string of the molecule is COc1nn(C)c(=O)n1Cc1cc(-c2cccc(Cl)c2)ccc1C. The summed E-state index contributed by atoms with van der Waals surface area (Å²) in [5, 5.41) is 4.77. The van der Waals surface area contributed by atoms with Crippen LogP contribution in [0.2, 0.25) is 5.02 Å². The van der Waals surface area contributed by atoms with Gasteiger partial charge in [-0.1, -0.05) is 35.9 Å². The van der Waals surface area contributed by atoms with Crippen LogP contribution in [0.4, 0.5) is 0 Å². The van der Waals surface area contributed by atoms with Gasteiger partial charge in [-0.2, -0.15) is 0 Å². The Morgan fingerprint density at radius 3 is 2.62 bits per heavy atom. The van der Waals surface area contributed by atoms with Crippen molar-refractivity contribution < 1.29 is 4.74 Å². The Hall–Kier alpha value is -2.53. The van der Waals surface area contributed by atoms with Crippen molar-refractivity contribution in [1.29, 1.82) is 0 Å². The number of halogens is 1. The zero-order chi connectivity index (χ0) is 17.3. The third kappa shape index (κ3) is 3.08. The van der Waals surface area contributed by atoms with Crippen LogP contribution < -0.4 is 10.4 Å². The molecular formula is C18H18ClN3O2. The molecule has 1 heterocycles. The van der Waals surface area contributed by atoms with E-state index in [1.807, 2.05) is 43.3 Å². The molecule has 0 atom stereocenters. The molecule has 0 N–H and O–H groups in total. The Morgan fingerprint density at radius 2 is 1.92 bits per heavy atom. The number of ether oxygens (including phenoxy) is 1. The summed E-state index contributed by atoms with van der Waals surface area (Å²) in [6.07, 6.45) is 0. The Balaban J connectivity index is 2.03. The minimum atomic E-state index is -0.209. The number of methoxy groups -OCH3 is 1. The van der Waals surface area contributed by atoms with Gasteiger partial charge in [-0.05, 0) is 47.4 Å². The van der Waals surface area contributed by atoms with Crippen LogP contribution in [0.15, 0.2) is 47.3 Å². The second-order valence-electron chi connectivity index (χ2n) is 5.63. The van der Waals surface area contributed by atoms with Crippen LogP contribution in [0.25, 0.3) is 11.1 Å². The maximum Gasteiger partial charge on any atom is 0.348 e. The number of nitrogens with zero attached hydrogens (tertiary/aromatic N) is 3. The van der Waals surface area contributed by atoms with Crippen LogP contribution in [0.5, 0.6) is 6.01 Å². The highest BCUT2D eigenvalue weighted by Gasteiger charge is 2.13. The van der Waals surface area contributed by atoms with Gasteiger partial charge in [-0.15, -0.1) is 5.10 Å². The van der Waals surface area contributed by atoms with E-state index < -0.39 is 0 Å². The first-order chi connectivity index (χ1) is 11.5. The van der Waals surface area contributed by atoms with E-state index >= 15 is 0 Å². The number of hydrogen-bond acceptors (Lipinski definition) is 3. The van der Waals surface area contributed by atoms with Gasteiger partial charge in [0.2, 0.25) is 0 Å². The standard InChI is InChI=1S/C18H18ClN3O2/c1-12-7-8-14(13-5-4-6-16(19)10-13)9-15(12)11-22-17(24-3)20-21(2)18(22)23/h4-10H,11H2,1-3H3. The van der Waals surface area contributed by atoms with Gasteiger partial charge >= 0.3 is 11.7 Å². The molecule has 0 spiro atoms. The molecule has 0 saturated heterocycles. The average molecular weight is 344 g/mol. The highest BCUT2D eigenvalue weighted by Crippen LogP contribution is 2.25. The van der Waals surface area contributed by atoms with Gasteiger partial charge in [0, 0.05) is 12.1 Å². The summed E-state index contributed by atoms with van der Waals surface area (Å²) in [5.41, 5.74) is 4.00. The first-order valence-electron chi connectivity index (χ1n) is 7.53. The predicted octanol–water partition coefficient (Wildman–Crippen LogP) is 3.27. The second-order valence-corrected chi connectivity index (χ2v) is 6.07. The van der Waals surface area contributed by atoms with Crippen LogP contribution in [0.1, 0.15) is 11.1 Å². The highest BCUT2D eigenvalue weighted by atomic mass is 35.5. The summed E-state index contributed by atoms with van der Waals surface area (Å²) in [4.78, 5) is 12.2. The van der Waals surface area contributed by atoms with Crippen molar-refractivity contribution in [2.75, 3.05) is 7.11 Å². The van der Waals surface area contributed by atoms with Gasteiger partial charge in [-0.25, -0.2) is 14.0 Å². The van der Waals surface area contributed by atoms with Gasteiger partial charge in [0.05, 0.1) is 13.7 Å². The van der Waals surface area contributed by atoms with Crippen molar-refractivity contribution in [3.8, 4) is 17.1 Å². The number of hydrogen-bond donors (Lipinski definition) is 0. The maximum atomic E-state index is 12.2. The minimum Gasteiger partial charge on any atom is -0.467 e. The van der Waals surface area contributed by atoms with E-state index in [9.17, 15) is 4.79 Å². The van der Waals surface area contributed by atoms with Gasteiger partial charge in [0.25, 0.3) is 0 Å². The summed E-state index contributed by atoms with van der Waals surface area (Å²) in [7, 11) is 3.12. The van der Waals surface area contributed by atoms with Crippen molar-refractivity contribution in [2.45, 2.75) is 13.5 Å². The summed E-state index contributed by atoms with van der Waals surface area (Å²) >= 11 is 6.09. The molecule has 6 heteroatoms. The van der Waals surface area contributed by atoms with Crippen molar-refractivity contribution in [3.05, 3.63) is 69.1 Å². The zero-order valence-corrected chi connectivity index (χ0v) is 14.5. The average Bonchev–Trinajstić information content (AvgIpc) is 2.84. The Labute approximate surface area is 145 Å². The fourth-order valence-corrected chi connectivity index (χ4v) is 2.82. The Kier molecular flexibility index (Phi) is 4.44. The fourth-order valence-electron chi connectivity index (χ4n) is 2.63. The molecule has 0 unspecified atom stereocenters. The van der Waals surface area contributed by atoms with Crippen molar-refractivity contribution in [1.82, 2.24) is 14.3 Å². The first kappa shape index (κ1) is 16.3. The first-order valence-corrected chi connectivity index (χ1v) is 7.90. The molecule has 0 aliphatic heterocycles.